The Morgan fingerprint density at radius 3 is 2.63 bits per heavy atom. The summed E-state index contributed by atoms with van der Waals surface area (Å²) < 4.78 is 27.3. The molecule has 0 spiro atoms. The highest BCUT2D eigenvalue weighted by Crippen LogP contribution is 2.21. The topological polar surface area (TPSA) is 17.1 Å². The number of carbonyl (C=O) groups excluding carboxylic acids is 1. The van der Waals surface area contributed by atoms with Crippen molar-refractivity contribution < 1.29 is 13.6 Å². The molecule has 2 aromatic carbocycles. The van der Waals surface area contributed by atoms with E-state index in [9.17, 15) is 13.6 Å². The highest BCUT2D eigenvalue weighted by atomic mass is 79.9. The number of hydrogen-bond acceptors (Lipinski definition) is 1. The Hall–Kier alpha value is -1.55. The van der Waals surface area contributed by atoms with Crippen molar-refractivity contribution in [2.24, 2.45) is 0 Å². The van der Waals surface area contributed by atoms with Gasteiger partial charge in [-0.3, -0.25) is 4.79 Å². The average Bonchev–Trinajstić information content (AvgIpc) is 2.36. The third-order valence-corrected chi connectivity index (χ3v) is 3.60. The number of benzene rings is 2. The van der Waals surface area contributed by atoms with Crippen LogP contribution in [0.5, 0.6) is 0 Å². The minimum Gasteiger partial charge on any atom is -0.294 e. The fraction of sp³-hybridized carbons (Fsp3) is 0.133. The van der Waals surface area contributed by atoms with Crippen LogP contribution in [0.4, 0.5) is 8.78 Å². The summed E-state index contributed by atoms with van der Waals surface area (Å²) in [7, 11) is 0. The van der Waals surface area contributed by atoms with Crippen molar-refractivity contribution in [3.63, 3.8) is 0 Å². The summed E-state index contributed by atoms with van der Waals surface area (Å²) >= 11 is 3.20. The number of carbonyl (C=O) groups is 1. The van der Waals surface area contributed by atoms with E-state index in [1.807, 2.05) is 0 Å². The third-order valence-electron chi connectivity index (χ3n) is 2.86. The smallest absolute Gasteiger partial charge is 0.170 e. The fourth-order valence-corrected chi connectivity index (χ4v) is 2.29. The molecular weight excluding hydrogens is 314 g/mol. The lowest BCUT2D eigenvalue weighted by Gasteiger charge is -2.06. The fourth-order valence-electron chi connectivity index (χ4n) is 1.80. The number of rotatable bonds is 3. The molecule has 0 aliphatic rings. The third kappa shape index (κ3) is 3.07. The molecule has 0 amide bonds. The predicted octanol–water partition coefficient (Wildman–Crippen LogP) is 4.46. The standard InChI is InChI=1S/C15H11BrF2O/c1-9-3-2-4-12(15(9)18)14(19)7-10-5-6-11(17)8-13(10)16/h2-6,8H,7H2,1H3. The maximum Gasteiger partial charge on any atom is 0.170 e. The lowest BCUT2D eigenvalue weighted by Crippen LogP contribution is -2.07. The number of halogens is 3. The Kier molecular flexibility index (Phi) is 4.10. The second-order valence-electron chi connectivity index (χ2n) is 4.27. The minimum absolute atomic E-state index is 0.0290. The molecular formula is C15H11BrF2O. The van der Waals surface area contributed by atoms with Crippen molar-refractivity contribution in [2.45, 2.75) is 13.3 Å². The molecule has 19 heavy (non-hydrogen) atoms. The predicted molar refractivity (Wildman–Crippen MR) is 73.3 cm³/mol. The van der Waals surface area contributed by atoms with Crippen molar-refractivity contribution >= 4 is 21.7 Å². The maximum absolute atomic E-state index is 13.8. The van der Waals surface area contributed by atoms with E-state index in [1.165, 1.54) is 24.3 Å². The van der Waals surface area contributed by atoms with Gasteiger partial charge in [-0.25, -0.2) is 8.78 Å². The Balaban J connectivity index is 2.28. The molecule has 0 fully saturated rings. The van der Waals surface area contributed by atoms with Crippen LogP contribution >= 0.6 is 15.9 Å². The zero-order chi connectivity index (χ0) is 14.0. The van der Waals surface area contributed by atoms with Gasteiger partial charge in [-0.1, -0.05) is 34.1 Å². The molecule has 0 saturated carbocycles. The van der Waals surface area contributed by atoms with Gasteiger partial charge < -0.3 is 0 Å². The van der Waals surface area contributed by atoms with E-state index in [-0.39, 0.29) is 23.6 Å². The Bertz CT molecular complexity index is 638. The summed E-state index contributed by atoms with van der Waals surface area (Å²) in [6.45, 7) is 1.61. The van der Waals surface area contributed by atoms with Gasteiger partial charge >= 0.3 is 0 Å². The SMILES string of the molecule is Cc1cccc(C(=O)Cc2ccc(F)cc2Br)c1F. The molecule has 0 atom stereocenters. The minimum atomic E-state index is -0.495. The van der Waals surface area contributed by atoms with Crippen molar-refractivity contribution in [1.82, 2.24) is 0 Å². The Labute approximate surface area is 118 Å². The van der Waals surface area contributed by atoms with E-state index in [4.69, 9.17) is 0 Å². The van der Waals surface area contributed by atoms with Gasteiger partial charge in [0.1, 0.15) is 11.6 Å². The zero-order valence-corrected chi connectivity index (χ0v) is 11.8. The molecule has 0 aliphatic carbocycles. The first-order valence-corrected chi connectivity index (χ1v) is 6.50. The molecule has 0 N–H and O–H groups in total. The van der Waals surface area contributed by atoms with Crippen LogP contribution in [-0.2, 0) is 6.42 Å². The van der Waals surface area contributed by atoms with Gasteiger partial charge in [0.25, 0.3) is 0 Å². The van der Waals surface area contributed by atoms with Crippen LogP contribution in [0.2, 0.25) is 0 Å². The van der Waals surface area contributed by atoms with Crippen LogP contribution in [0.25, 0.3) is 0 Å². The van der Waals surface area contributed by atoms with Crippen molar-refractivity contribution in [2.75, 3.05) is 0 Å². The Morgan fingerprint density at radius 2 is 1.95 bits per heavy atom. The van der Waals surface area contributed by atoms with Crippen LogP contribution in [-0.4, -0.2) is 5.78 Å². The van der Waals surface area contributed by atoms with Crippen LogP contribution in [0.3, 0.4) is 0 Å². The summed E-state index contributed by atoms with van der Waals surface area (Å²) in [6.07, 6.45) is 0.0290. The van der Waals surface area contributed by atoms with Gasteiger partial charge in [0.05, 0.1) is 5.56 Å². The normalized spacial score (nSPS) is 10.5. The molecule has 2 rings (SSSR count). The van der Waals surface area contributed by atoms with Crippen LogP contribution in [0, 0.1) is 18.6 Å². The van der Waals surface area contributed by atoms with E-state index in [1.54, 1.807) is 19.1 Å². The summed E-state index contributed by atoms with van der Waals surface area (Å²) in [4.78, 5) is 12.1. The van der Waals surface area contributed by atoms with Gasteiger partial charge in [0, 0.05) is 10.9 Å². The number of Topliss-reactive ketones (excluding diaryl/α,β-unsaturated/α-hetero) is 1. The highest BCUT2D eigenvalue weighted by Gasteiger charge is 2.15. The summed E-state index contributed by atoms with van der Waals surface area (Å²) in [5.41, 5.74) is 1.13. The van der Waals surface area contributed by atoms with Gasteiger partial charge in [0.15, 0.2) is 5.78 Å². The second kappa shape index (κ2) is 5.61. The number of ketones is 1. The largest absolute Gasteiger partial charge is 0.294 e. The zero-order valence-electron chi connectivity index (χ0n) is 10.2. The molecule has 2 aromatic rings. The number of aryl methyl sites for hydroxylation is 1. The van der Waals surface area contributed by atoms with Crippen molar-refractivity contribution in [3.05, 3.63) is 69.2 Å². The molecule has 98 valence electrons. The first-order valence-electron chi connectivity index (χ1n) is 5.71. The molecule has 0 aromatic heterocycles. The highest BCUT2D eigenvalue weighted by molar-refractivity contribution is 9.10. The summed E-state index contributed by atoms with van der Waals surface area (Å²) in [6, 6.07) is 8.80. The van der Waals surface area contributed by atoms with Crippen LogP contribution in [0.15, 0.2) is 40.9 Å². The maximum atomic E-state index is 13.8. The molecule has 0 unspecified atom stereocenters. The molecule has 0 aliphatic heterocycles. The average molecular weight is 325 g/mol. The van der Waals surface area contributed by atoms with Crippen molar-refractivity contribution in [3.8, 4) is 0 Å². The van der Waals surface area contributed by atoms with Gasteiger partial charge in [0.2, 0.25) is 0 Å². The summed E-state index contributed by atoms with van der Waals surface area (Å²) in [5.74, 6) is -1.20. The monoisotopic (exact) mass is 324 g/mol. The van der Waals surface area contributed by atoms with E-state index in [2.05, 4.69) is 15.9 Å². The molecule has 0 bridgehead atoms. The van der Waals surface area contributed by atoms with E-state index < -0.39 is 5.82 Å². The quantitative estimate of drug-likeness (QED) is 0.762. The summed E-state index contributed by atoms with van der Waals surface area (Å²) in [5, 5.41) is 0. The van der Waals surface area contributed by atoms with Crippen molar-refractivity contribution in [1.29, 1.82) is 0 Å². The molecule has 0 saturated heterocycles. The Morgan fingerprint density at radius 1 is 1.21 bits per heavy atom. The lowest BCUT2D eigenvalue weighted by molar-refractivity contribution is 0.0988. The molecule has 0 radical (unpaired) electrons. The lowest BCUT2D eigenvalue weighted by atomic mass is 10.0. The number of hydrogen-bond donors (Lipinski definition) is 0. The van der Waals surface area contributed by atoms with Crippen LogP contribution < -0.4 is 0 Å². The molecule has 0 heterocycles. The first kappa shape index (κ1) is 13.9. The van der Waals surface area contributed by atoms with E-state index in [0.717, 1.165) is 0 Å². The van der Waals surface area contributed by atoms with E-state index in [0.29, 0.717) is 15.6 Å². The van der Waals surface area contributed by atoms with E-state index >= 15 is 0 Å². The second-order valence-corrected chi connectivity index (χ2v) is 5.13. The first-order chi connectivity index (χ1) is 8.99. The van der Waals surface area contributed by atoms with Crippen LogP contribution in [0.1, 0.15) is 21.5 Å². The van der Waals surface area contributed by atoms with Gasteiger partial charge in [-0.15, -0.1) is 0 Å². The molecule has 1 nitrogen and oxygen atoms in total. The van der Waals surface area contributed by atoms with Gasteiger partial charge in [-0.2, -0.15) is 0 Å². The molecule has 4 heteroatoms. The van der Waals surface area contributed by atoms with Gasteiger partial charge in [-0.05, 0) is 36.2 Å².